The number of esters is 1. The summed E-state index contributed by atoms with van der Waals surface area (Å²) in [5, 5.41) is 2.84. The summed E-state index contributed by atoms with van der Waals surface area (Å²) in [5.41, 5.74) is 1.22. The van der Waals surface area contributed by atoms with Crippen molar-refractivity contribution in [3.63, 3.8) is 0 Å². The lowest BCUT2D eigenvalue weighted by Gasteiger charge is -2.36. The Hall–Kier alpha value is -2.08. The Morgan fingerprint density at radius 2 is 1.80 bits per heavy atom. The average molecular weight is 347 g/mol. The molecule has 6 heteroatoms. The standard InChI is InChI=1S/C19H29N3O3/c1-4-15(2)18(19(24)25-3)20-17(23)14-21-10-12-22(13-11-21)16-8-6-5-7-9-16/h5-9,15,18H,4,10-14H2,1-3H3,(H,20,23)/t15-,18-/m1/s1. The lowest BCUT2D eigenvalue weighted by atomic mass is 9.99. The van der Waals surface area contributed by atoms with Gasteiger partial charge in [0, 0.05) is 31.9 Å². The molecule has 1 saturated heterocycles. The van der Waals surface area contributed by atoms with E-state index in [0.29, 0.717) is 6.54 Å². The molecule has 1 amide bonds. The second-order valence-electron chi connectivity index (χ2n) is 6.55. The molecule has 0 aliphatic carbocycles. The zero-order valence-electron chi connectivity index (χ0n) is 15.4. The summed E-state index contributed by atoms with van der Waals surface area (Å²) < 4.78 is 4.82. The molecule has 6 nitrogen and oxygen atoms in total. The minimum atomic E-state index is -0.576. The van der Waals surface area contributed by atoms with Gasteiger partial charge in [-0.2, -0.15) is 0 Å². The maximum atomic E-state index is 12.3. The van der Waals surface area contributed by atoms with E-state index in [0.717, 1.165) is 32.6 Å². The Morgan fingerprint density at radius 1 is 1.16 bits per heavy atom. The normalized spacial score (nSPS) is 17.6. The number of ether oxygens (including phenoxy) is 1. The van der Waals surface area contributed by atoms with Gasteiger partial charge in [0.25, 0.3) is 0 Å². The first kappa shape index (κ1) is 19.2. The lowest BCUT2D eigenvalue weighted by Crippen LogP contribution is -2.52. The van der Waals surface area contributed by atoms with Crippen LogP contribution in [0.4, 0.5) is 5.69 Å². The van der Waals surface area contributed by atoms with Gasteiger partial charge in [-0.1, -0.05) is 38.5 Å². The summed E-state index contributed by atoms with van der Waals surface area (Å²) >= 11 is 0. The molecule has 1 aliphatic heterocycles. The number of carbonyl (C=O) groups excluding carboxylic acids is 2. The molecule has 0 radical (unpaired) electrons. The van der Waals surface area contributed by atoms with Crippen LogP contribution in [0, 0.1) is 5.92 Å². The molecule has 0 aromatic heterocycles. The highest BCUT2D eigenvalue weighted by Gasteiger charge is 2.27. The first-order valence-corrected chi connectivity index (χ1v) is 8.94. The Kier molecular flexibility index (Phi) is 7.25. The fraction of sp³-hybridized carbons (Fsp3) is 0.579. The summed E-state index contributed by atoms with van der Waals surface area (Å²) in [6.07, 6.45) is 0.801. The molecule has 25 heavy (non-hydrogen) atoms. The van der Waals surface area contributed by atoms with Crippen molar-refractivity contribution in [1.29, 1.82) is 0 Å². The fourth-order valence-electron chi connectivity index (χ4n) is 3.02. The van der Waals surface area contributed by atoms with E-state index in [4.69, 9.17) is 4.74 Å². The van der Waals surface area contributed by atoms with Gasteiger partial charge >= 0.3 is 5.97 Å². The number of nitrogens with zero attached hydrogens (tertiary/aromatic N) is 2. The van der Waals surface area contributed by atoms with Crippen LogP contribution in [0.2, 0.25) is 0 Å². The second kappa shape index (κ2) is 9.42. The number of piperazine rings is 1. The van der Waals surface area contributed by atoms with Crippen molar-refractivity contribution in [1.82, 2.24) is 10.2 Å². The molecule has 1 fully saturated rings. The van der Waals surface area contributed by atoms with E-state index in [1.807, 2.05) is 32.0 Å². The summed E-state index contributed by atoms with van der Waals surface area (Å²) in [5.74, 6) is -0.452. The molecule has 0 spiro atoms. The minimum absolute atomic E-state index is 0.0475. The van der Waals surface area contributed by atoms with E-state index in [2.05, 4.69) is 27.2 Å². The molecule has 138 valence electrons. The van der Waals surface area contributed by atoms with Crippen LogP contribution in [0.25, 0.3) is 0 Å². The van der Waals surface area contributed by atoms with Crippen LogP contribution >= 0.6 is 0 Å². The van der Waals surface area contributed by atoms with Gasteiger partial charge in [0.15, 0.2) is 0 Å². The van der Waals surface area contributed by atoms with E-state index < -0.39 is 6.04 Å². The summed E-state index contributed by atoms with van der Waals surface area (Å²) in [6.45, 7) is 7.69. The molecule has 0 saturated carbocycles. The molecule has 1 heterocycles. The van der Waals surface area contributed by atoms with E-state index in [9.17, 15) is 9.59 Å². The molecular weight excluding hydrogens is 318 g/mol. The molecule has 1 aromatic carbocycles. The number of carbonyl (C=O) groups is 2. The summed E-state index contributed by atoms with van der Waals surface area (Å²) in [7, 11) is 1.35. The third-order valence-electron chi connectivity index (χ3n) is 4.85. The van der Waals surface area contributed by atoms with Crippen LogP contribution in [-0.2, 0) is 14.3 Å². The Balaban J connectivity index is 1.82. The second-order valence-corrected chi connectivity index (χ2v) is 6.55. The largest absolute Gasteiger partial charge is 0.467 e. The zero-order valence-corrected chi connectivity index (χ0v) is 15.4. The molecule has 2 rings (SSSR count). The van der Waals surface area contributed by atoms with Gasteiger partial charge in [-0.25, -0.2) is 4.79 Å². The summed E-state index contributed by atoms with van der Waals surface area (Å²) in [6, 6.07) is 9.73. The van der Waals surface area contributed by atoms with Crippen LogP contribution in [0.3, 0.4) is 0 Å². The van der Waals surface area contributed by atoms with Gasteiger partial charge in [0.2, 0.25) is 5.91 Å². The van der Waals surface area contributed by atoms with E-state index >= 15 is 0 Å². The van der Waals surface area contributed by atoms with Gasteiger partial charge in [-0.15, -0.1) is 0 Å². The van der Waals surface area contributed by atoms with Crippen LogP contribution in [0.1, 0.15) is 20.3 Å². The number of benzene rings is 1. The topological polar surface area (TPSA) is 61.9 Å². The van der Waals surface area contributed by atoms with Crippen LogP contribution in [-0.4, -0.2) is 62.7 Å². The first-order valence-electron chi connectivity index (χ1n) is 8.94. The summed E-state index contributed by atoms with van der Waals surface area (Å²) in [4.78, 5) is 28.7. The third-order valence-corrected chi connectivity index (χ3v) is 4.85. The third kappa shape index (κ3) is 5.46. The highest BCUT2D eigenvalue weighted by Crippen LogP contribution is 2.15. The smallest absolute Gasteiger partial charge is 0.328 e. The molecule has 0 unspecified atom stereocenters. The SMILES string of the molecule is CC[C@@H](C)[C@@H](NC(=O)CN1CCN(c2ccccc2)CC1)C(=O)OC. The fourth-order valence-corrected chi connectivity index (χ4v) is 3.02. The van der Waals surface area contributed by atoms with Crippen molar-refractivity contribution in [2.45, 2.75) is 26.3 Å². The van der Waals surface area contributed by atoms with E-state index in [1.165, 1.54) is 12.8 Å². The van der Waals surface area contributed by atoms with Gasteiger partial charge in [-0.3, -0.25) is 9.69 Å². The highest BCUT2D eigenvalue weighted by molar-refractivity contribution is 5.85. The monoisotopic (exact) mass is 347 g/mol. The molecule has 1 N–H and O–H groups in total. The number of methoxy groups -OCH3 is 1. The maximum Gasteiger partial charge on any atom is 0.328 e. The molecule has 1 aliphatic rings. The Labute approximate surface area is 150 Å². The van der Waals surface area contributed by atoms with Crippen molar-refractivity contribution in [3.8, 4) is 0 Å². The number of anilines is 1. The molecule has 2 atom stereocenters. The first-order chi connectivity index (χ1) is 12.0. The number of nitrogens with one attached hydrogen (secondary N) is 1. The number of hydrogen-bond donors (Lipinski definition) is 1. The Morgan fingerprint density at radius 3 is 2.36 bits per heavy atom. The van der Waals surface area contributed by atoms with Gasteiger partial charge < -0.3 is 15.0 Å². The van der Waals surface area contributed by atoms with Crippen LogP contribution in [0.15, 0.2) is 30.3 Å². The van der Waals surface area contributed by atoms with Crippen molar-refractivity contribution in [2.24, 2.45) is 5.92 Å². The van der Waals surface area contributed by atoms with Gasteiger partial charge in [0.05, 0.1) is 13.7 Å². The number of hydrogen-bond acceptors (Lipinski definition) is 5. The van der Waals surface area contributed by atoms with Crippen molar-refractivity contribution < 1.29 is 14.3 Å². The van der Waals surface area contributed by atoms with E-state index in [1.54, 1.807) is 0 Å². The van der Waals surface area contributed by atoms with E-state index in [-0.39, 0.29) is 17.8 Å². The minimum Gasteiger partial charge on any atom is -0.467 e. The molecule has 0 bridgehead atoms. The van der Waals surface area contributed by atoms with Crippen LogP contribution in [0.5, 0.6) is 0 Å². The number of amides is 1. The number of para-hydroxylation sites is 1. The quantitative estimate of drug-likeness (QED) is 0.758. The lowest BCUT2D eigenvalue weighted by molar-refractivity contribution is -0.146. The van der Waals surface area contributed by atoms with Gasteiger partial charge in [0.1, 0.15) is 6.04 Å². The zero-order chi connectivity index (χ0) is 18.2. The van der Waals surface area contributed by atoms with Crippen molar-refractivity contribution >= 4 is 17.6 Å². The predicted octanol–water partition coefficient (Wildman–Crippen LogP) is 1.51. The molecule has 1 aromatic rings. The average Bonchev–Trinajstić information content (AvgIpc) is 2.66. The van der Waals surface area contributed by atoms with Gasteiger partial charge in [-0.05, 0) is 18.1 Å². The molecular formula is C19H29N3O3. The van der Waals surface area contributed by atoms with Crippen molar-refractivity contribution in [3.05, 3.63) is 30.3 Å². The highest BCUT2D eigenvalue weighted by atomic mass is 16.5. The van der Waals surface area contributed by atoms with Crippen molar-refractivity contribution in [2.75, 3.05) is 44.7 Å². The number of rotatable bonds is 7. The van der Waals surface area contributed by atoms with Crippen LogP contribution < -0.4 is 10.2 Å². The maximum absolute atomic E-state index is 12.3. The Bertz CT molecular complexity index is 556. The predicted molar refractivity (Wildman–Crippen MR) is 98.5 cm³/mol.